The second-order valence-electron chi connectivity index (χ2n) is 3.43. The van der Waals surface area contributed by atoms with Gasteiger partial charge in [-0.3, -0.25) is 0 Å². The highest BCUT2D eigenvalue weighted by Gasteiger charge is 2.14. The van der Waals surface area contributed by atoms with Gasteiger partial charge in [0.1, 0.15) is 0 Å². The van der Waals surface area contributed by atoms with Crippen LogP contribution >= 0.6 is 11.6 Å². The number of nitrogens with one attached hydrogen (secondary N) is 1. The average Bonchev–Trinajstić information content (AvgIpc) is 2.28. The molecule has 1 aromatic rings. The minimum atomic E-state index is -3.52. The molecule has 0 bridgehead atoms. The van der Waals surface area contributed by atoms with Crippen LogP contribution in [0.5, 0.6) is 0 Å². The summed E-state index contributed by atoms with van der Waals surface area (Å²) in [4.78, 5) is 0.108. The topological polar surface area (TPSA) is 81.4 Å². The minimum Gasteiger partial charge on any atom is -0.397 e. The Morgan fingerprint density at radius 2 is 2.18 bits per heavy atom. The summed E-state index contributed by atoms with van der Waals surface area (Å²) in [5.41, 5.74) is 5.79. The molecule has 0 aliphatic rings. The van der Waals surface area contributed by atoms with E-state index in [1.54, 1.807) is 7.11 Å². The smallest absolute Gasteiger partial charge is 0.240 e. The lowest BCUT2D eigenvalue weighted by Crippen LogP contribution is -2.25. The molecule has 0 radical (unpaired) electrons. The molecule has 1 rings (SSSR count). The van der Waals surface area contributed by atoms with Crippen LogP contribution in [-0.4, -0.2) is 28.7 Å². The molecule has 1 aromatic carbocycles. The van der Waals surface area contributed by atoms with Crippen molar-refractivity contribution in [3.8, 4) is 0 Å². The van der Waals surface area contributed by atoms with Gasteiger partial charge in [-0.15, -0.1) is 0 Å². The van der Waals surface area contributed by atoms with Gasteiger partial charge in [0.25, 0.3) is 0 Å². The Morgan fingerprint density at radius 1 is 1.47 bits per heavy atom. The molecule has 3 N–H and O–H groups in total. The standard InChI is InChI=1S/C10H15ClN2O3S/c1-16-6-2-5-13-17(14,15)8-3-4-9(11)10(12)7-8/h3-4,7,13H,2,5-6,12H2,1H3. The monoisotopic (exact) mass is 278 g/mol. The lowest BCUT2D eigenvalue weighted by Gasteiger charge is -2.07. The Bertz CT molecular complexity index is 476. The summed E-state index contributed by atoms with van der Waals surface area (Å²) < 4.78 is 30.9. The summed E-state index contributed by atoms with van der Waals surface area (Å²) >= 11 is 5.72. The van der Waals surface area contributed by atoms with Gasteiger partial charge < -0.3 is 10.5 Å². The van der Waals surface area contributed by atoms with E-state index in [0.29, 0.717) is 24.6 Å². The van der Waals surface area contributed by atoms with Crippen LogP contribution in [-0.2, 0) is 14.8 Å². The van der Waals surface area contributed by atoms with Crippen LogP contribution in [0.15, 0.2) is 23.1 Å². The van der Waals surface area contributed by atoms with Crippen molar-refractivity contribution >= 4 is 27.3 Å². The maximum Gasteiger partial charge on any atom is 0.240 e. The Balaban J connectivity index is 2.72. The van der Waals surface area contributed by atoms with E-state index >= 15 is 0 Å². The van der Waals surface area contributed by atoms with E-state index in [1.807, 2.05) is 0 Å². The molecule has 96 valence electrons. The summed E-state index contributed by atoms with van der Waals surface area (Å²) in [6.45, 7) is 0.823. The third-order valence-corrected chi connectivity index (χ3v) is 3.90. The van der Waals surface area contributed by atoms with E-state index in [1.165, 1.54) is 18.2 Å². The number of hydrogen-bond donors (Lipinski definition) is 2. The Morgan fingerprint density at radius 3 is 2.76 bits per heavy atom. The third kappa shape index (κ3) is 4.16. The fourth-order valence-corrected chi connectivity index (χ4v) is 2.42. The number of nitrogens with two attached hydrogens (primary N) is 1. The van der Waals surface area contributed by atoms with Crippen LogP contribution in [0.1, 0.15) is 6.42 Å². The lowest BCUT2D eigenvalue weighted by molar-refractivity contribution is 0.196. The highest BCUT2D eigenvalue weighted by Crippen LogP contribution is 2.21. The van der Waals surface area contributed by atoms with Crippen molar-refractivity contribution in [1.82, 2.24) is 4.72 Å². The molecule has 0 atom stereocenters. The molecule has 0 spiro atoms. The number of ether oxygens (including phenoxy) is 1. The SMILES string of the molecule is COCCCNS(=O)(=O)c1ccc(Cl)c(N)c1. The second kappa shape index (κ2) is 6.20. The first-order valence-electron chi connectivity index (χ1n) is 5.01. The molecule has 0 aliphatic carbocycles. The predicted molar refractivity (Wildman–Crippen MR) is 67.5 cm³/mol. The molecule has 0 saturated heterocycles. The van der Waals surface area contributed by atoms with Gasteiger partial charge in [-0.2, -0.15) is 0 Å². The predicted octanol–water partition coefficient (Wildman–Crippen LogP) is 1.24. The molecule has 0 amide bonds. The first-order valence-corrected chi connectivity index (χ1v) is 6.87. The number of nitrogen functional groups attached to an aromatic ring is 1. The number of hydrogen-bond acceptors (Lipinski definition) is 4. The van der Waals surface area contributed by atoms with Crippen molar-refractivity contribution in [3.05, 3.63) is 23.2 Å². The van der Waals surface area contributed by atoms with Gasteiger partial charge in [0, 0.05) is 20.3 Å². The first kappa shape index (κ1) is 14.2. The van der Waals surface area contributed by atoms with Crippen molar-refractivity contribution in [2.24, 2.45) is 0 Å². The lowest BCUT2D eigenvalue weighted by atomic mass is 10.3. The van der Waals surface area contributed by atoms with Crippen molar-refractivity contribution < 1.29 is 13.2 Å². The maximum atomic E-state index is 11.8. The molecular weight excluding hydrogens is 264 g/mol. The van der Waals surface area contributed by atoms with E-state index in [4.69, 9.17) is 22.1 Å². The van der Waals surface area contributed by atoms with Crippen LogP contribution in [0, 0.1) is 0 Å². The number of anilines is 1. The van der Waals surface area contributed by atoms with Crippen LogP contribution in [0.25, 0.3) is 0 Å². The van der Waals surface area contributed by atoms with Gasteiger partial charge in [0.15, 0.2) is 0 Å². The largest absolute Gasteiger partial charge is 0.397 e. The normalized spacial score (nSPS) is 11.6. The first-order chi connectivity index (χ1) is 7.97. The fourth-order valence-electron chi connectivity index (χ4n) is 1.20. The van der Waals surface area contributed by atoms with Gasteiger partial charge in [-0.1, -0.05) is 11.6 Å². The van der Waals surface area contributed by atoms with Crippen LogP contribution < -0.4 is 10.5 Å². The van der Waals surface area contributed by atoms with Gasteiger partial charge in [-0.05, 0) is 24.6 Å². The number of benzene rings is 1. The summed E-state index contributed by atoms with van der Waals surface area (Å²) in [6, 6.07) is 4.21. The van der Waals surface area contributed by atoms with E-state index < -0.39 is 10.0 Å². The third-order valence-electron chi connectivity index (χ3n) is 2.10. The molecule has 0 aliphatic heterocycles. The van der Waals surface area contributed by atoms with Gasteiger partial charge >= 0.3 is 0 Å². The molecule has 0 unspecified atom stereocenters. The molecule has 0 fully saturated rings. The van der Waals surface area contributed by atoms with E-state index in [-0.39, 0.29) is 10.6 Å². The van der Waals surface area contributed by atoms with Crippen molar-refractivity contribution in [2.75, 3.05) is 26.0 Å². The molecule has 5 nitrogen and oxygen atoms in total. The molecule has 7 heteroatoms. The maximum absolute atomic E-state index is 11.8. The van der Waals surface area contributed by atoms with Gasteiger partial charge in [0.05, 0.1) is 15.6 Å². The highest BCUT2D eigenvalue weighted by atomic mass is 35.5. The van der Waals surface area contributed by atoms with E-state index in [9.17, 15) is 8.42 Å². The summed E-state index contributed by atoms with van der Waals surface area (Å²) in [6.07, 6.45) is 0.610. The highest BCUT2D eigenvalue weighted by molar-refractivity contribution is 7.89. The molecule has 17 heavy (non-hydrogen) atoms. The van der Waals surface area contributed by atoms with Crippen molar-refractivity contribution in [1.29, 1.82) is 0 Å². The van der Waals surface area contributed by atoms with Gasteiger partial charge in [-0.25, -0.2) is 13.1 Å². The number of halogens is 1. The number of methoxy groups -OCH3 is 1. The zero-order valence-corrected chi connectivity index (χ0v) is 11.0. The molecule has 0 saturated carbocycles. The zero-order chi connectivity index (χ0) is 12.9. The average molecular weight is 279 g/mol. The van der Waals surface area contributed by atoms with Crippen LogP contribution in [0.4, 0.5) is 5.69 Å². The fraction of sp³-hybridized carbons (Fsp3) is 0.400. The van der Waals surface area contributed by atoms with E-state index in [0.717, 1.165) is 0 Å². The van der Waals surface area contributed by atoms with Gasteiger partial charge in [0.2, 0.25) is 10.0 Å². The Labute approximate surface area is 106 Å². The summed E-state index contributed by atoms with van der Waals surface area (Å²) in [7, 11) is -1.96. The Kier molecular flexibility index (Phi) is 5.20. The minimum absolute atomic E-state index is 0.108. The van der Waals surface area contributed by atoms with Crippen LogP contribution in [0.3, 0.4) is 0 Å². The molecular formula is C10H15ClN2O3S. The Hall–Kier alpha value is -0.820. The number of sulfonamides is 1. The quantitative estimate of drug-likeness (QED) is 0.606. The second-order valence-corrected chi connectivity index (χ2v) is 5.60. The zero-order valence-electron chi connectivity index (χ0n) is 9.44. The summed E-state index contributed by atoms with van der Waals surface area (Å²) in [5.74, 6) is 0. The molecule has 0 aromatic heterocycles. The van der Waals surface area contributed by atoms with Crippen molar-refractivity contribution in [2.45, 2.75) is 11.3 Å². The van der Waals surface area contributed by atoms with Crippen molar-refractivity contribution in [3.63, 3.8) is 0 Å². The van der Waals surface area contributed by atoms with Crippen LogP contribution in [0.2, 0.25) is 5.02 Å². The number of rotatable bonds is 6. The van der Waals surface area contributed by atoms with E-state index in [2.05, 4.69) is 4.72 Å². The molecule has 0 heterocycles. The summed E-state index contributed by atoms with van der Waals surface area (Å²) in [5, 5.41) is 0.336.